The molecule has 0 aliphatic carbocycles. The smallest absolute Gasteiger partial charge is 0.278 e. The molecule has 2 heterocycles. The Morgan fingerprint density at radius 1 is 1.15 bits per heavy atom. The number of anilines is 2. The minimum atomic E-state index is -0.385. The molecule has 0 saturated carbocycles. The topological polar surface area (TPSA) is 78.5 Å². The lowest BCUT2D eigenvalue weighted by atomic mass is 10.2. The normalized spacial score (nSPS) is 14.0. The van der Waals surface area contributed by atoms with Crippen molar-refractivity contribution in [2.75, 3.05) is 17.2 Å². The molecule has 3 amide bonds. The summed E-state index contributed by atoms with van der Waals surface area (Å²) < 4.78 is 0. The minimum absolute atomic E-state index is 0.152. The van der Waals surface area contributed by atoms with Gasteiger partial charge in [-0.1, -0.05) is 12.1 Å². The Hall–Kier alpha value is -3.19. The molecular formula is C19H17N3O3S. The van der Waals surface area contributed by atoms with Gasteiger partial charge in [0.15, 0.2) is 0 Å². The maximum Gasteiger partial charge on any atom is 0.278 e. The van der Waals surface area contributed by atoms with E-state index in [4.69, 9.17) is 0 Å². The quantitative estimate of drug-likeness (QED) is 0.607. The summed E-state index contributed by atoms with van der Waals surface area (Å²) in [6.45, 7) is 5.19. The lowest BCUT2D eigenvalue weighted by Gasteiger charge is -2.12. The van der Waals surface area contributed by atoms with Gasteiger partial charge in [-0.2, -0.15) is 0 Å². The Balaban J connectivity index is 1.94. The van der Waals surface area contributed by atoms with Crippen LogP contribution in [0.15, 0.2) is 60.1 Å². The van der Waals surface area contributed by atoms with Gasteiger partial charge < -0.3 is 10.6 Å². The average Bonchev–Trinajstić information content (AvgIpc) is 3.20. The van der Waals surface area contributed by atoms with E-state index in [-0.39, 0.29) is 30.0 Å². The molecule has 2 N–H and O–H groups in total. The number of hydrogen-bond donors (Lipinski definition) is 2. The van der Waals surface area contributed by atoms with Crippen LogP contribution in [0.3, 0.4) is 0 Å². The predicted octanol–water partition coefficient (Wildman–Crippen LogP) is 3.08. The second-order valence-corrected chi connectivity index (χ2v) is 6.57. The van der Waals surface area contributed by atoms with E-state index in [1.165, 1.54) is 24.3 Å². The molecule has 0 unspecified atom stereocenters. The van der Waals surface area contributed by atoms with E-state index in [2.05, 4.69) is 17.2 Å². The lowest BCUT2D eigenvalue weighted by molar-refractivity contribution is -0.136. The molecule has 1 aromatic heterocycles. The molecule has 7 heteroatoms. The van der Waals surface area contributed by atoms with Crippen LogP contribution < -0.4 is 10.6 Å². The Morgan fingerprint density at radius 2 is 1.85 bits per heavy atom. The van der Waals surface area contributed by atoms with E-state index in [1.807, 2.05) is 17.5 Å². The first-order valence-corrected chi connectivity index (χ1v) is 8.79. The third-order valence-electron chi connectivity index (χ3n) is 3.72. The number of nitrogens with one attached hydrogen (secondary N) is 2. The largest absolute Gasteiger partial charge is 0.350 e. The molecule has 3 rings (SSSR count). The van der Waals surface area contributed by atoms with E-state index < -0.39 is 0 Å². The van der Waals surface area contributed by atoms with Gasteiger partial charge >= 0.3 is 0 Å². The van der Waals surface area contributed by atoms with Crippen LogP contribution >= 0.6 is 11.3 Å². The van der Waals surface area contributed by atoms with Crippen molar-refractivity contribution in [1.82, 2.24) is 4.90 Å². The number of hydrogen-bond acceptors (Lipinski definition) is 5. The standard InChI is InChI=1S/C19H17N3O3S/c1-3-10-22-18(24)16(15-5-4-11-26-15)17(19(22)25)21-14-8-6-13(7-9-14)20-12(2)23/h3-9,11,21H,1,10H2,2H3,(H,20,23). The summed E-state index contributed by atoms with van der Waals surface area (Å²) in [5.74, 6) is -0.885. The SMILES string of the molecule is C=CCN1C(=O)C(Nc2ccc(NC(C)=O)cc2)=C(c2cccs2)C1=O. The van der Waals surface area contributed by atoms with E-state index in [9.17, 15) is 14.4 Å². The molecule has 26 heavy (non-hydrogen) atoms. The highest BCUT2D eigenvalue weighted by Gasteiger charge is 2.38. The highest BCUT2D eigenvalue weighted by molar-refractivity contribution is 7.11. The van der Waals surface area contributed by atoms with Crippen LogP contribution in [0.25, 0.3) is 5.57 Å². The van der Waals surface area contributed by atoms with Gasteiger partial charge in [0.1, 0.15) is 5.70 Å². The van der Waals surface area contributed by atoms with Crippen molar-refractivity contribution in [2.45, 2.75) is 6.92 Å². The first-order chi connectivity index (χ1) is 12.5. The second-order valence-electron chi connectivity index (χ2n) is 5.62. The Bertz CT molecular complexity index is 899. The van der Waals surface area contributed by atoms with E-state index in [1.54, 1.807) is 24.3 Å². The van der Waals surface area contributed by atoms with Gasteiger partial charge in [0.25, 0.3) is 11.8 Å². The maximum atomic E-state index is 12.7. The number of imide groups is 1. The first kappa shape index (κ1) is 17.6. The molecule has 6 nitrogen and oxygen atoms in total. The molecule has 0 saturated heterocycles. The van der Waals surface area contributed by atoms with Crippen LogP contribution in [-0.4, -0.2) is 29.2 Å². The molecule has 132 valence electrons. The summed E-state index contributed by atoms with van der Waals surface area (Å²) in [5, 5.41) is 7.59. The number of carbonyl (C=O) groups excluding carboxylic acids is 3. The van der Waals surface area contributed by atoms with E-state index >= 15 is 0 Å². The number of rotatable bonds is 6. The minimum Gasteiger partial charge on any atom is -0.350 e. The summed E-state index contributed by atoms with van der Waals surface area (Å²) in [7, 11) is 0. The Kier molecular flexibility index (Phi) is 4.99. The Morgan fingerprint density at radius 3 is 2.42 bits per heavy atom. The number of thiophene rings is 1. The van der Waals surface area contributed by atoms with Gasteiger partial charge in [0.05, 0.1) is 5.57 Å². The fourth-order valence-corrected chi connectivity index (χ4v) is 3.39. The third-order valence-corrected chi connectivity index (χ3v) is 4.61. The van der Waals surface area contributed by atoms with E-state index in [0.29, 0.717) is 16.9 Å². The van der Waals surface area contributed by atoms with Crippen molar-refractivity contribution in [3.63, 3.8) is 0 Å². The molecule has 0 bridgehead atoms. The van der Waals surface area contributed by atoms with Crippen LogP contribution in [0.2, 0.25) is 0 Å². The zero-order valence-electron chi connectivity index (χ0n) is 14.1. The van der Waals surface area contributed by atoms with Crippen molar-refractivity contribution < 1.29 is 14.4 Å². The summed E-state index contributed by atoms with van der Waals surface area (Å²) in [6, 6.07) is 10.6. The van der Waals surface area contributed by atoms with Crippen LogP contribution in [-0.2, 0) is 14.4 Å². The summed E-state index contributed by atoms with van der Waals surface area (Å²) in [6.07, 6.45) is 1.52. The van der Waals surface area contributed by atoms with Crippen molar-refractivity contribution >= 4 is 46.0 Å². The molecular weight excluding hydrogens is 350 g/mol. The highest BCUT2D eigenvalue weighted by atomic mass is 32.1. The average molecular weight is 367 g/mol. The number of benzene rings is 1. The molecule has 0 spiro atoms. The van der Waals surface area contributed by atoms with Crippen molar-refractivity contribution in [1.29, 1.82) is 0 Å². The van der Waals surface area contributed by atoms with Gasteiger partial charge in [0.2, 0.25) is 5.91 Å². The molecule has 1 aliphatic rings. The molecule has 2 aromatic rings. The molecule has 1 aromatic carbocycles. The first-order valence-electron chi connectivity index (χ1n) is 7.91. The summed E-state index contributed by atoms with van der Waals surface area (Å²) >= 11 is 1.40. The van der Waals surface area contributed by atoms with Gasteiger partial charge in [-0.25, -0.2) is 0 Å². The summed E-state index contributed by atoms with van der Waals surface area (Å²) in [5.41, 5.74) is 1.90. The van der Waals surface area contributed by atoms with Crippen LogP contribution in [0.1, 0.15) is 11.8 Å². The summed E-state index contributed by atoms with van der Waals surface area (Å²) in [4.78, 5) is 38.4. The molecule has 0 fully saturated rings. The fraction of sp³-hybridized carbons (Fsp3) is 0.105. The monoisotopic (exact) mass is 367 g/mol. The molecule has 0 atom stereocenters. The van der Waals surface area contributed by atoms with Gasteiger partial charge in [-0.3, -0.25) is 19.3 Å². The van der Waals surface area contributed by atoms with Gasteiger partial charge in [0, 0.05) is 29.7 Å². The van der Waals surface area contributed by atoms with E-state index in [0.717, 1.165) is 9.78 Å². The number of nitrogens with zero attached hydrogens (tertiary/aromatic N) is 1. The van der Waals surface area contributed by atoms with Crippen molar-refractivity contribution in [2.24, 2.45) is 0 Å². The lowest BCUT2D eigenvalue weighted by Crippen LogP contribution is -2.32. The third kappa shape index (κ3) is 3.43. The highest BCUT2D eigenvalue weighted by Crippen LogP contribution is 2.32. The zero-order valence-corrected chi connectivity index (χ0v) is 14.9. The fourth-order valence-electron chi connectivity index (χ4n) is 2.62. The van der Waals surface area contributed by atoms with Crippen molar-refractivity contribution in [3.8, 4) is 0 Å². The number of amides is 3. The zero-order chi connectivity index (χ0) is 18.7. The van der Waals surface area contributed by atoms with Gasteiger partial charge in [-0.15, -0.1) is 17.9 Å². The molecule has 0 radical (unpaired) electrons. The molecule has 1 aliphatic heterocycles. The van der Waals surface area contributed by atoms with Crippen molar-refractivity contribution in [3.05, 3.63) is 65.0 Å². The predicted molar refractivity (Wildman–Crippen MR) is 103 cm³/mol. The van der Waals surface area contributed by atoms with Crippen LogP contribution in [0.4, 0.5) is 11.4 Å². The Labute approximate surface area is 154 Å². The van der Waals surface area contributed by atoms with Crippen LogP contribution in [0, 0.1) is 0 Å². The van der Waals surface area contributed by atoms with Crippen LogP contribution in [0.5, 0.6) is 0 Å². The second kappa shape index (κ2) is 7.37. The maximum absolute atomic E-state index is 12.7. The number of carbonyl (C=O) groups is 3. The van der Waals surface area contributed by atoms with Gasteiger partial charge in [-0.05, 0) is 35.7 Å².